The lowest BCUT2D eigenvalue weighted by atomic mass is 9.81. The molecule has 1 N–H and O–H groups in total. The van der Waals surface area contributed by atoms with Gasteiger partial charge in [-0.25, -0.2) is 9.78 Å². The highest BCUT2D eigenvalue weighted by molar-refractivity contribution is 5.90. The average Bonchev–Trinajstić information content (AvgIpc) is 3.20. The minimum absolute atomic E-state index is 0.0614. The van der Waals surface area contributed by atoms with E-state index in [-0.39, 0.29) is 48.4 Å². The molecule has 4 heterocycles. The molecular weight excluding hydrogens is 446 g/mol. The lowest BCUT2D eigenvalue weighted by Crippen LogP contribution is -2.46. The van der Waals surface area contributed by atoms with Crippen LogP contribution >= 0.6 is 0 Å². The third-order valence-electron chi connectivity index (χ3n) is 6.46. The third-order valence-corrected chi connectivity index (χ3v) is 6.46. The summed E-state index contributed by atoms with van der Waals surface area (Å²) in [5.74, 6) is -1.51. The van der Waals surface area contributed by atoms with Crippen LogP contribution in [0.3, 0.4) is 0 Å². The van der Waals surface area contributed by atoms with Gasteiger partial charge in [0.15, 0.2) is 5.60 Å². The van der Waals surface area contributed by atoms with Crippen LogP contribution in [-0.2, 0) is 44.2 Å². The van der Waals surface area contributed by atoms with Crippen LogP contribution in [0, 0.1) is 10.1 Å². The molecule has 174 valence electrons. The van der Waals surface area contributed by atoms with Crippen molar-refractivity contribution in [1.29, 1.82) is 0 Å². The molecule has 0 spiro atoms. The highest BCUT2D eigenvalue weighted by Gasteiger charge is 2.48. The monoisotopic (exact) mass is 465 g/mol. The van der Waals surface area contributed by atoms with E-state index in [0.29, 0.717) is 27.9 Å². The molecule has 2 aliphatic heterocycles. The number of nitro benzene ring substituents is 1. The van der Waals surface area contributed by atoms with Gasteiger partial charge in [0.25, 0.3) is 11.2 Å². The van der Waals surface area contributed by atoms with Gasteiger partial charge in [0, 0.05) is 28.6 Å². The van der Waals surface area contributed by atoms with Crippen molar-refractivity contribution in [2.24, 2.45) is 0 Å². The van der Waals surface area contributed by atoms with Gasteiger partial charge in [0.05, 0.1) is 47.5 Å². The second-order valence-electron chi connectivity index (χ2n) is 8.25. The lowest BCUT2D eigenvalue weighted by Gasteiger charge is -2.34. The lowest BCUT2D eigenvalue weighted by molar-refractivity contribution is -0.384. The molecule has 0 fully saturated rings. The predicted molar refractivity (Wildman–Crippen MR) is 117 cm³/mol. The molecule has 0 bridgehead atoms. The summed E-state index contributed by atoms with van der Waals surface area (Å²) in [4.78, 5) is 53.7. The highest BCUT2D eigenvalue weighted by atomic mass is 16.6. The van der Waals surface area contributed by atoms with Crippen molar-refractivity contribution in [2.45, 2.75) is 38.5 Å². The summed E-state index contributed by atoms with van der Waals surface area (Å²) in [6, 6.07) is 5.95. The zero-order valence-electron chi connectivity index (χ0n) is 18.3. The Hall–Kier alpha value is -4.12. The number of non-ortho nitro benzene ring substituents is 1. The average molecular weight is 465 g/mol. The number of carbonyl (C=O) groups excluding carboxylic acids is 2. The van der Waals surface area contributed by atoms with E-state index < -0.39 is 28.0 Å². The summed E-state index contributed by atoms with van der Waals surface area (Å²) in [6.45, 7) is 1.35. The number of rotatable bonds is 4. The second kappa shape index (κ2) is 7.45. The number of fused-ring (bicyclic) bond motifs is 5. The number of nitrogens with zero attached hydrogens (tertiary/aromatic N) is 3. The summed E-state index contributed by atoms with van der Waals surface area (Å²) in [5.41, 5.74) is -0.447. The molecule has 11 heteroatoms. The minimum Gasteiger partial charge on any atom is -0.469 e. The van der Waals surface area contributed by atoms with E-state index >= 15 is 0 Å². The minimum atomic E-state index is -2.11. The Bertz CT molecular complexity index is 1490. The summed E-state index contributed by atoms with van der Waals surface area (Å²) < 4.78 is 11.4. The molecular formula is C23H19N3O8. The highest BCUT2D eigenvalue weighted by Crippen LogP contribution is 2.42. The van der Waals surface area contributed by atoms with Gasteiger partial charge in [-0.3, -0.25) is 19.7 Å². The van der Waals surface area contributed by atoms with Crippen molar-refractivity contribution < 1.29 is 29.1 Å². The SMILES string of the molecule is CC[C@@]1(O)C(=O)OCc2c1c(CC(=O)OC)c1n(c2=O)Cc2cc3cc([N+](=O)[O-])ccc3nc2-1. The number of pyridine rings is 2. The van der Waals surface area contributed by atoms with Gasteiger partial charge < -0.3 is 19.1 Å². The number of aromatic nitrogens is 2. The number of hydrogen-bond acceptors (Lipinski definition) is 9. The van der Waals surface area contributed by atoms with Gasteiger partial charge in [-0.1, -0.05) is 6.92 Å². The molecule has 0 radical (unpaired) electrons. The van der Waals surface area contributed by atoms with E-state index in [1.807, 2.05) is 0 Å². The third kappa shape index (κ3) is 2.93. The molecule has 0 aliphatic carbocycles. The number of benzene rings is 1. The summed E-state index contributed by atoms with van der Waals surface area (Å²) in [6.07, 6.45) is -0.374. The van der Waals surface area contributed by atoms with Crippen LogP contribution in [0.2, 0.25) is 0 Å². The maximum Gasteiger partial charge on any atom is 0.343 e. The van der Waals surface area contributed by atoms with Crippen molar-refractivity contribution in [3.05, 3.63) is 67.0 Å². The van der Waals surface area contributed by atoms with Crippen LogP contribution in [0.4, 0.5) is 5.69 Å². The normalized spacial score (nSPS) is 18.1. The van der Waals surface area contributed by atoms with E-state index in [4.69, 9.17) is 9.47 Å². The van der Waals surface area contributed by atoms with Crippen molar-refractivity contribution in [2.75, 3.05) is 7.11 Å². The number of cyclic esters (lactones) is 1. The van der Waals surface area contributed by atoms with E-state index in [1.54, 1.807) is 13.0 Å². The first-order valence-electron chi connectivity index (χ1n) is 10.5. The van der Waals surface area contributed by atoms with Gasteiger partial charge in [0.2, 0.25) is 0 Å². The van der Waals surface area contributed by atoms with Crippen LogP contribution < -0.4 is 5.56 Å². The Morgan fingerprint density at radius 3 is 2.79 bits per heavy atom. The molecule has 3 aromatic rings. The quantitative estimate of drug-likeness (QED) is 0.270. The molecule has 2 aliphatic rings. The molecule has 34 heavy (non-hydrogen) atoms. The van der Waals surface area contributed by atoms with Crippen LogP contribution in [0.5, 0.6) is 0 Å². The zero-order chi connectivity index (χ0) is 24.4. The zero-order valence-corrected chi connectivity index (χ0v) is 18.3. The van der Waals surface area contributed by atoms with Gasteiger partial charge in [-0.2, -0.15) is 0 Å². The van der Waals surface area contributed by atoms with Gasteiger partial charge >= 0.3 is 11.9 Å². The number of esters is 2. The topological polar surface area (TPSA) is 151 Å². The standard InChI is InChI=1S/C23H19N3O8/c1-3-23(30)18-14(8-17(27)33-2)20-19-12(9-25(20)21(28)15(18)10-34-22(23)29)6-11-7-13(26(31)32)4-5-16(11)24-19/h4-7,30H,3,8-10H2,1-2H3/t23-/m0/s1. The Morgan fingerprint density at radius 1 is 1.35 bits per heavy atom. The van der Waals surface area contributed by atoms with Gasteiger partial charge in [-0.15, -0.1) is 0 Å². The molecule has 2 aromatic heterocycles. The van der Waals surface area contributed by atoms with Crippen LogP contribution in [-0.4, -0.2) is 38.6 Å². The molecule has 1 aromatic carbocycles. The number of aliphatic hydroxyl groups is 1. The maximum atomic E-state index is 13.5. The molecule has 1 atom stereocenters. The summed E-state index contributed by atoms with van der Waals surface area (Å²) >= 11 is 0. The maximum absolute atomic E-state index is 13.5. The summed E-state index contributed by atoms with van der Waals surface area (Å²) in [5, 5.41) is 23.0. The Labute approximate surface area is 191 Å². The first-order valence-corrected chi connectivity index (χ1v) is 10.5. The van der Waals surface area contributed by atoms with Gasteiger partial charge in [-0.05, 0) is 24.1 Å². The largest absolute Gasteiger partial charge is 0.469 e. The Kier molecular flexibility index (Phi) is 4.76. The number of nitro groups is 1. The summed E-state index contributed by atoms with van der Waals surface area (Å²) in [7, 11) is 1.22. The fourth-order valence-electron chi connectivity index (χ4n) is 4.78. The van der Waals surface area contributed by atoms with Crippen LogP contribution in [0.1, 0.15) is 35.6 Å². The van der Waals surface area contributed by atoms with Gasteiger partial charge in [0.1, 0.15) is 6.61 Å². The van der Waals surface area contributed by atoms with Crippen LogP contribution in [0.15, 0.2) is 29.1 Å². The van der Waals surface area contributed by atoms with Crippen molar-refractivity contribution in [3.8, 4) is 11.4 Å². The van der Waals surface area contributed by atoms with Crippen LogP contribution in [0.25, 0.3) is 22.3 Å². The number of carbonyl (C=O) groups is 2. The number of methoxy groups -OCH3 is 1. The predicted octanol–water partition coefficient (Wildman–Crippen LogP) is 1.70. The Balaban J connectivity index is 1.85. The molecule has 0 saturated carbocycles. The molecule has 0 saturated heterocycles. The van der Waals surface area contributed by atoms with Crippen molar-refractivity contribution in [3.63, 3.8) is 0 Å². The smallest absolute Gasteiger partial charge is 0.343 e. The van der Waals surface area contributed by atoms with E-state index in [2.05, 4.69) is 4.98 Å². The van der Waals surface area contributed by atoms with E-state index in [1.165, 1.54) is 29.9 Å². The second-order valence-corrected chi connectivity index (χ2v) is 8.25. The fraction of sp³-hybridized carbons (Fsp3) is 0.304. The van der Waals surface area contributed by atoms with E-state index in [9.17, 15) is 29.6 Å². The number of ether oxygens (including phenoxy) is 2. The molecule has 0 unspecified atom stereocenters. The molecule has 11 nitrogen and oxygen atoms in total. The first-order chi connectivity index (χ1) is 16.2. The number of hydrogen-bond donors (Lipinski definition) is 1. The Morgan fingerprint density at radius 2 is 2.12 bits per heavy atom. The van der Waals surface area contributed by atoms with Crippen molar-refractivity contribution in [1.82, 2.24) is 9.55 Å². The van der Waals surface area contributed by atoms with E-state index in [0.717, 1.165) is 0 Å². The molecule has 0 amide bonds. The van der Waals surface area contributed by atoms with Crippen molar-refractivity contribution >= 4 is 28.5 Å². The molecule has 5 rings (SSSR count). The fourth-order valence-corrected chi connectivity index (χ4v) is 4.78. The first kappa shape index (κ1) is 21.7.